The van der Waals surface area contributed by atoms with Crippen LogP contribution in [0.25, 0.3) is 0 Å². The summed E-state index contributed by atoms with van der Waals surface area (Å²) in [5.74, 6) is -1.05. The summed E-state index contributed by atoms with van der Waals surface area (Å²) in [4.78, 5) is 10.2. The van der Waals surface area contributed by atoms with Crippen molar-refractivity contribution in [3.05, 3.63) is 34.3 Å². The van der Waals surface area contributed by atoms with Crippen molar-refractivity contribution in [2.24, 2.45) is 0 Å². The minimum absolute atomic E-state index is 0.0283. The SMILES string of the molecule is O=C([O-])Cc1cccc(Br)c1. The molecule has 0 saturated carbocycles. The second-order valence-corrected chi connectivity index (χ2v) is 3.09. The minimum atomic E-state index is -1.05. The lowest BCUT2D eigenvalue weighted by atomic mass is 10.2. The number of carboxylic acid groups (broad SMARTS) is 1. The van der Waals surface area contributed by atoms with Crippen molar-refractivity contribution in [1.82, 2.24) is 0 Å². The Morgan fingerprint density at radius 1 is 1.55 bits per heavy atom. The summed E-state index contributed by atoms with van der Waals surface area (Å²) in [7, 11) is 0. The van der Waals surface area contributed by atoms with E-state index in [0.717, 1.165) is 10.0 Å². The molecule has 0 aliphatic rings. The number of benzene rings is 1. The molecule has 1 aromatic rings. The van der Waals surface area contributed by atoms with E-state index in [9.17, 15) is 9.90 Å². The molecule has 0 atom stereocenters. The van der Waals surface area contributed by atoms with Crippen LogP contribution in [-0.4, -0.2) is 5.97 Å². The highest BCUT2D eigenvalue weighted by molar-refractivity contribution is 9.10. The Balaban J connectivity index is 2.79. The van der Waals surface area contributed by atoms with Crippen molar-refractivity contribution in [3.8, 4) is 0 Å². The monoisotopic (exact) mass is 213 g/mol. The number of carbonyl (C=O) groups is 1. The quantitative estimate of drug-likeness (QED) is 0.728. The molecule has 0 spiro atoms. The number of carboxylic acids is 1. The summed E-state index contributed by atoms with van der Waals surface area (Å²) >= 11 is 3.24. The maximum absolute atomic E-state index is 10.2. The number of hydrogen-bond donors (Lipinski definition) is 0. The summed E-state index contributed by atoms with van der Waals surface area (Å²) in [5, 5.41) is 10.2. The molecule has 2 nitrogen and oxygen atoms in total. The lowest BCUT2D eigenvalue weighted by Gasteiger charge is -2.01. The summed E-state index contributed by atoms with van der Waals surface area (Å²) in [5.41, 5.74) is 0.749. The zero-order valence-corrected chi connectivity index (χ0v) is 7.30. The predicted molar refractivity (Wildman–Crippen MR) is 42.9 cm³/mol. The second-order valence-electron chi connectivity index (χ2n) is 2.18. The van der Waals surface area contributed by atoms with Gasteiger partial charge in [-0.25, -0.2) is 0 Å². The minimum Gasteiger partial charge on any atom is -0.550 e. The van der Waals surface area contributed by atoms with Gasteiger partial charge in [0.25, 0.3) is 0 Å². The standard InChI is InChI=1S/C8H7BrO2/c9-7-3-1-2-6(4-7)5-8(10)11/h1-4H,5H2,(H,10,11)/p-1. The number of hydrogen-bond acceptors (Lipinski definition) is 2. The van der Waals surface area contributed by atoms with Crippen molar-refractivity contribution >= 4 is 21.9 Å². The van der Waals surface area contributed by atoms with Crippen LogP contribution < -0.4 is 5.11 Å². The van der Waals surface area contributed by atoms with E-state index in [1.165, 1.54) is 0 Å². The molecule has 58 valence electrons. The first-order chi connectivity index (χ1) is 5.18. The first-order valence-corrected chi connectivity index (χ1v) is 3.92. The largest absolute Gasteiger partial charge is 0.550 e. The molecule has 0 fully saturated rings. The number of carbonyl (C=O) groups excluding carboxylic acids is 1. The van der Waals surface area contributed by atoms with Crippen molar-refractivity contribution in [2.45, 2.75) is 6.42 Å². The van der Waals surface area contributed by atoms with E-state index in [1.54, 1.807) is 18.2 Å². The predicted octanol–water partition coefficient (Wildman–Crippen LogP) is 0.741. The lowest BCUT2D eigenvalue weighted by Crippen LogP contribution is -2.24. The Morgan fingerprint density at radius 3 is 2.82 bits per heavy atom. The molecule has 0 heterocycles. The molecule has 0 amide bonds. The van der Waals surface area contributed by atoms with Gasteiger partial charge in [-0.15, -0.1) is 0 Å². The third-order valence-electron chi connectivity index (χ3n) is 1.24. The van der Waals surface area contributed by atoms with Crippen molar-refractivity contribution in [3.63, 3.8) is 0 Å². The van der Waals surface area contributed by atoms with Gasteiger partial charge in [-0.2, -0.15) is 0 Å². The molecule has 0 aliphatic heterocycles. The van der Waals surface area contributed by atoms with E-state index >= 15 is 0 Å². The molecule has 0 aromatic heterocycles. The molecule has 0 bridgehead atoms. The van der Waals surface area contributed by atoms with Gasteiger partial charge in [-0.3, -0.25) is 0 Å². The zero-order chi connectivity index (χ0) is 8.27. The van der Waals surface area contributed by atoms with Crippen LogP contribution in [0.1, 0.15) is 5.56 Å². The van der Waals surface area contributed by atoms with Crippen LogP contribution in [0.4, 0.5) is 0 Å². The Hall–Kier alpha value is -0.830. The highest BCUT2D eigenvalue weighted by Gasteiger charge is 1.92. The Labute approximate surface area is 73.0 Å². The van der Waals surface area contributed by atoms with Gasteiger partial charge in [-0.1, -0.05) is 28.1 Å². The van der Waals surface area contributed by atoms with Crippen molar-refractivity contribution < 1.29 is 9.90 Å². The van der Waals surface area contributed by atoms with Gasteiger partial charge in [0.2, 0.25) is 0 Å². The summed E-state index contributed by atoms with van der Waals surface area (Å²) < 4.78 is 0.885. The van der Waals surface area contributed by atoms with Gasteiger partial charge in [0, 0.05) is 16.9 Å². The number of halogens is 1. The van der Waals surface area contributed by atoms with Gasteiger partial charge in [0.1, 0.15) is 0 Å². The van der Waals surface area contributed by atoms with E-state index in [4.69, 9.17) is 0 Å². The molecule has 11 heavy (non-hydrogen) atoms. The van der Waals surface area contributed by atoms with Crippen LogP contribution in [0.15, 0.2) is 28.7 Å². The molecule has 0 unspecified atom stereocenters. The third-order valence-corrected chi connectivity index (χ3v) is 1.73. The average Bonchev–Trinajstić information content (AvgIpc) is 1.85. The first-order valence-electron chi connectivity index (χ1n) is 3.13. The number of aliphatic carboxylic acids is 1. The number of rotatable bonds is 2. The Kier molecular flexibility index (Phi) is 2.65. The highest BCUT2D eigenvalue weighted by Crippen LogP contribution is 2.11. The van der Waals surface area contributed by atoms with Crippen LogP contribution in [0.3, 0.4) is 0 Å². The van der Waals surface area contributed by atoms with E-state index in [-0.39, 0.29) is 6.42 Å². The topological polar surface area (TPSA) is 40.1 Å². The molecule has 3 heteroatoms. The van der Waals surface area contributed by atoms with E-state index in [0.29, 0.717) is 0 Å². The fourth-order valence-corrected chi connectivity index (χ4v) is 1.26. The van der Waals surface area contributed by atoms with Crippen LogP contribution in [0, 0.1) is 0 Å². The van der Waals surface area contributed by atoms with Crippen LogP contribution in [-0.2, 0) is 11.2 Å². The van der Waals surface area contributed by atoms with Crippen molar-refractivity contribution in [1.29, 1.82) is 0 Å². The fraction of sp³-hybridized carbons (Fsp3) is 0.125. The molecule has 0 radical (unpaired) electrons. The summed E-state index contributed by atoms with van der Waals surface area (Å²) in [6.07, 6.45) is -0.0283. The van der Waals surface area contributed by atoms with Gasteiger partial charge in [0.15, 0.2) is 0 Å². The molecule has 0 aliphatic carbocycles. The van der Waals surface area contributed by atoms with Crippen LogP contribution >= 0.6 is 15.9 Å². The molecule has 0 N–H and O–H groups in total. The van der Waals surface area contributed by atoms with Gasteiger partial charge in [-0.05, 0) is 17.7 Å². The van der Waals surface area contributed by atoms with E-state index in [1.807, 2.05) is 6.07 Å². The second kappa shape index (κ2) is 3.53. The smallest absolute Gasteiger partial charge is 0.0458 e. The summed E-state index contributed by atoms with van der Waals surface area (Å²) in [6, 6.07) is 7.15. The van der Waals surface area contributed by atoms with Gasteiger partial charge < -0.3 is 9.90 Å². The Morgan fingerprint density at radius 2 is 2.27 bits per heavy atom. The van der Waals surface area contributed by atoms with Crippen molar-refractivity contribution in [2.75, 3.05) is 0 Å². The van der Waals surface area contributed by atoms with Gasteiger partial charge in [0.05, 0.1) is 0 Å². The molecular weight excluding hydrogens is 208 g/mol. The molecular formula is C8H6BrO2-. The molecule has 1 aromatic carbocycles. The van der Waals surface area contributed by atoms with Crippen LogP contribution in [0.5, 0.6) is 0 Å². The van der Waals surface area contributed by atoms with E-state index in [2.05, 4.69) is 15.9 Å². The maximum Gasteiger partial charge on any atom is 0.0458 e. The zero-order valence-electron chi connectivity index (χ0n) is 5.71. The average molecular weight is 214 g/mol. The Bertz CT molecular complexity index is 271. The first kappa shape index (κ1) is 8.27. The fourth-order valence-electron chi connectivity index (χ4n) is 0.814. The lowest BCUT2D eigenvalue weighted by molar-refractivity contribution is -0.304. The maximum atomic E-state index is 10.2. The van der Waals surface area contributed by atoms with E-state index < -0.39 is 5.97 Å². The highest BCUT2D eigenvalue weighted by atomic mass is 79.9. The molecule has 0 saturated heterocycles. The van der Waals surface area contributed by atoms with Gasteiger partial charge >= 0.3 is 0 Å². The summed E-state index contributed by atoms with van der Waals surface area (Å²) in [6.45, 7) is 0. The molecule has 1 rings (SSSR count). The van der Waals surface area contributed by atoms with Crippen LogP contribution in [0.2, 0.25) is 0 Å². The normalized spacial score (nSPS) is 9.55. The third kappa shape index (κ3) is 2.72.